The van der Waals surface area contributed by atoms with E-state index in [0.29, 0.717) is 22.5 Å². The summed E-state index contributed by atoms with van der Waals surface area (Å²) in [5, 5.41) is 0.843. The quantitative estimate of drug-likeness (QED) is 0.722. The zero-order valence-corrected chi connectivity index (χ0v) is 11.2. The molecule has 6 heteroatoms. The molecule has 3 rings (SSSR count). The zero-order chi connectivity index (χ0) is 13.4. The number of benzene rings is 1. The third kappa shape index (κ3) is 2.23. The molecule has 20 heavy (non-hydrogen) atoms. The summed E-state index contributed by atoms with van der Waals surface area (Å²) >= 11 is 0. The zero-order valence-electron chi connectivity index (χ0n) is 10.4. The maximum absolute atomic E-state index is 14.1. The number of nitrogen functional groups attached to an aromatic ring is 2. The lowest BCUT2D eigenvalue weighted by atomic mass is 10.0. The predicted octanol–water partition coefficient (Wildman–Crippen LogP) is 3.02. The van der Waals surface area contributed by atoms with Gasteiger partial charge in [0.15, 0.2) is 0 Å². The third-order valence-corrected chi connectivity index (χ3v) is 2.94. The van der Waals surface area contributed by atoms with Gasteiger partial charge in [-0.1, -0.05) is 6.07 Å². The molecule has 0 bridgehead atoms. The van der Waals surface area contributed by atoms with Gasteiger partial charge in [0.25, 0.3) is 0 Å². The van der Waals surface area contributed by atoms with Crippen LogP contribution in [-0.2, 0) is 0 Å². The summed E-state index contributed by atoms with van der Waals surface area (Å²) in [6, 6.07) is 10.00. The third-order valence-electron chi connectivity index (χ3n) is 2.94. The van der Waals surface area contributed by atoms with E-state index in [-0.39, 0.29) is 24.0 Å². The number of hydrogen-bond donors (Lipinski definition) is 2. The van der Waals surface area contributed by atoms with Crippen LogP contribution in [0.2, 0.25) is 0 Å². The molecule has 0 unspecified atom stereocenters. The Labute approximate surface area is 121 Å². The van der Waals surface area contributed by atoms with E-state index in [1.54, 1.807) is 30.5 Å². The molecule has 0 saturated carbocycles. The Morgan fingerprint density at radius 3 is 2.55 bits per heavy atom. The average Bonchev–Trinajstić information content (AvgIpc) is 2.40. The molecule has 0 aliphatic rings. The van der Waals surface area contributed by atoms with Gasteiger partial charge in [-0.15, -0.1) is 12.4 Å². The predicted molar refractivity (Wildman–Crippen MR) is 81.0 cm³/mol. The largest absolute Gasteiger partial charge is 0.384 e. The smallest absolute Gasteiger partial charge is 0.133 e. The Kier molecular flexibility index (Phi) is 3.72. The van der Waals surface area contributed by atoms with Crippen LogP contribution in [0.1, 0.15) is 0 Å². The number of pyridine rings is 2. The maximum Gasteiger partial charge on any atom is 0.133 e. The molecule has 0 spiro atoms. The fourth-order valence-corrected chi connectivity index (χ4v) is 2.08. The van der Waals surface area contributed by atoms with E-state index < -0.39 is 0 Å². The minimum atomic E-state index is -0.385. The van der Waals surface area contributed by atoms with E-state index in [9.17, 15) is 4.39 Å². The van der Waals surface area contributed by atoms with Crippen molar-refractivity contribution in [2.75, 3.05) is 11.5 Å². The van der Waals surface area contributed by atoms with Crippen molar-refractivity contribution in [2.24, 2.45) is 0 Å². The second kappa shape index (κ2) is 5.30. The van der Waals surface area contributed by atoms with Crippen molar-refractivity contribution in [1.29, 1.82) is 0 Å². The number of halogens is 2. The van der Waals surface area contributed by atoms with E-state index in [1.807, 2.05) is 6.07 Å². The van der Waals surface area contributed by atoms with Crippen molar-refractivity contribution in [3.05, 3.63) is 48.4 Å². The molecule has 0 aliphatic heterocycles. The van der Waals surface area contributed by atoms with Gasteiger partial charge < -0.3 is 11.5 Å². The first-order valence-corrected chi connectivity index (χ1v) is 5.72. The minimum Gasteiger partial charge on any atom is -0.384 e. The van der Waals surface area contributed by atoms with Crippen molar-refractivity contribution in [2.45, 2.75) is 0 Å². The number of nitrogens with two attached hydrogens (primary N) is 2. The van der Waals surface area contributed by atoms with Crippen LogP contribution in [-0.4, -0.2) is 9.97 Å². The second-order valence-corrected chi connectivity index (χ2v) is 4.17. The van der Waals surface area contributed by atoms with Crippen LogP contribution in [0, 0.1) is 5.82 Å². The van der Waals surface area contributed by atoms with Gasteiger partial charge in [0, 0.05) is 22.7 Å². The lowest BCUT2D eigenvalue weighted by Gasteiger charge is -2.09. The lowest BCUT2D eigenvalue weighted by Crippen LogP contribution is -2.00. The van der Waals surface area contributed by atoms with Crippen molar-refractivity contribution >= 4 is 34.9 Å². The monoisotopic (exact) mass is 290 g/mol. The van der Waals surface area contributed by atoms with Crippen molar-refractivity contribution in [3.8, 4) is 11.1 Å². The highest BCUT2D eigenvalue weighted by molar-refractivity contribution is 5.96. The molecule has 0 amide bonds. The Morgan fingerprint density at radius 1 is 1.00 bits per heavy atom. The molecule has 4 nitrogen and oxygen atoms in total. The van der Waals surface area contributed by atoms with Gasteiger partial charge in [0.2, 0.25) is 0 Å². The fraction of sp³-hybridized carbons (Fsp3) is 0. The fourth-order valence-electron chi connectivity index (χ4n) is 2.08. The van der Waals surface area contributed by atoms with Crippen LogP contribution in [0.5, 0.6) is 0 Å². The summed E-state index contributed by atoms with van der Waals surface area (Å²) in [5.41, 5.74) is 12.8. The lowest BCUT2D eigenvalue weighted by molar-refractivity contribution is 0.632. The summed E-state index contributed by atoms with van der Waals surface area (Å²) in [6.07, 6.45) is 1.62. The van der Waals surface area contributed by atoms with Crippen LogP contribution in [0.3, 0.4) is 0 Å². The van der Waals surface area contributed by atoms with Crippen molar-refractivity contribution < 1.29 is 4.39 Å². The Balaban J connectivity index is 0.00000147. The highest BCUT2D eigenvalue weighted by atomic mass is 35.5. The first kappa shape index (κ1) is 14.0. The molecule has 3 aromatic rings. The Hall–Kier alpha value is -2.40. The maximum atomic E-state index is 14.1. The van der Waals surface area contributed by atoms with E-state index in [1.165, 1.54) is 6.07 Å². The topological polar surface area (TPSA) is 77.8 Å². The van der Waals surface area contributed by atoms with Crippen LogP contribution >= 0.6 is 12.4 Å². The summed E-state index contributed by atoms with van der Waals surface area (Å²) in [7, 11) is 0. The summed E-state index contributed by atoms with van der Waals surface area (Å²) < 4.78 is 14.1. The summed E-state index contributed by atoms with van der Waals surface area (Å²) in [4.78, 5) is 8.19. The molecule has 0 fully saturated rings. The number of fused-ring (bicyclic) bond motifs is 1. The van der Waals surface area contributed by atoms with Gasteiger partial charge in [0.1, 0.15) is 17.5 Å². The van der Waals surface area contributed by atoms with E-state index in [4.69, 9.17) is 11.5 Å². The highest BCUT2D eigenvalue weighted by Crippen LogP contribution is 2.33. The molecular weight excluding hydrogens is 279 g/mol. The number of hydrogen-bond acceptors (Lipinski definition) is 4. The summed E-state index contributed by atoms with van der Waals surface area (Å²) in [5.74, 6) is 0.108. The van der Waals surface area contributed by atoms with E-state index >= 15 is 0 Å². The van der Waals surface area contributed by atoms with E-state index in [0.717, 1.165) is 5.39 Å². The van der Waals surface area contributed by atoms with Gasteiger partial charge in [-0.3, -0.25) is 4.98 Å². The van der Waals surface area contributed by atoms with Gasteiger partial charge >= 0.3 is 0 Å². The van der Waals surface area contributed by atoms with Gasteiger partial charge in [-0.25, -0.2) is 9.37 Å². The first-order chi connectivity index (χ1) is 9.16. The highest BCUT2D eigenvalue weighted by Gasteiger charge is 2.14. The molecule has 4 N–H and O–H groups in total. The molecule has 0 saturated heterocycles. The number of rotatable bonds is 1. The standard InChI is InChI=1S/C14H11FN4.ClH/c15-10-5-3-8-2-1-7-18-13(8)12(10)9-4-6-11(16)19-14(9)17;/h1-7H,(H4,16,17,19);1H. The molecule has 1 aromatic carbocycles. The number of nitrogens with zero attached hydrogens (tertiary/aromatic N) is 2. The number of anilines is 2. The van der Waals surface area contributed by atoms with Gasteiger partial charge in [0.05, 0.1) is 5.52 Å². The first-order valence-electron chi connectivity index (χ1n) is 5.72. The normalized spacial score (nSPS) is 10.2. The molecule has 0 aliphatic carbocycles. The summed E-state index contributed by atoms with van der Waals surface area (Å²) in [6.45, 7) is 0. The Morgan fingerprint density at radius 2 is 1.80 bits per heavy atom. The van der Waals surface area contributed by atoms with Gasteiger partial charge in [-0.2, -0.15) is 0 Å². The van der Waals surface area contributed by atoms with Crippen molar-refractivity contribution in [1.82, 2.24) is 9.97 Å². The molecule has 2 heterocycles. The second-order valence-electron chi connectivity index (χ2n) is 4.17. The van der Waals surface area contributed by atoms with Crippen LogP contribution < -0.4 is 11.5 Å². The van der Waals surface area contributed by atoms with E-state index in [2.05, 4.69) is 9.97 Å². The van der Waals surface area contributed by atoms with Crippen molar-refractivity contribution in [3.63, 3.8) is 0 Å². The number of aromatic nitrogens is 2. The molecule has 0 radical (unpaired) electrons. The molecule has 0 atom stereocenters. The minimum absolute atomic E-state index is 0. The van der Waals surface area contributed by atoms with Crippen LogP contribution in [0.15, 0.2) is 42.6 Å². The average molecular weight is 291 g/mol. The van der Waals surface area contributed by atoms with Gasteiger partial charge in [-0.05, 0) is 30.3 Å². The SMILES string of the molecule is Cl.Nc1ccc(-c2c(F)ccc3cccnc23)c(N)n1. The van der Waals surface area contributed by atoms with Crippen LogP contribution in [0.4, 0.5) is 16.0 Å². The Bertz CT molecular complexity index is 776. The van der Waals surface area contributed by atoms with Crippen LogP contribution in [0.25, 0.3) is 22.0 Å². The molecule has 102 valence electrons. The molecule has 2 aromatic heterocycles. The molecular formula is C14H12ClFN4.